The van der Waals surface area contributed by atoms with Crippen molar-refractivity contribution in [2.45, 2.75) is 18.8 Å². The summed E-state index contributed by atoms with van der Waals surface area (Å²) in [7, 11) is 0. The summed E-state index contributed by atoms with van der Waals surface area (Å²) in [6.45, 7) is 1.95. The number of halogens is 2. The highest BCUT2D eigenvalue weighted by Gasteiger charge is 2.27. The van der Waals surface area contributed by atoms with Gasteiger partial charge in [-0.05, 0) is 29.4 Å². The van der Waals surface area contributed by atoms with Crippen molar-refractivity contribution >= 4 is 27.7 Å². The van der Waals surface area contributed by atoms with Crippen LogP contribution in [0.15, 0.2) is 16.6 Å². The third kappa shape index (κ3) is 2.08. The van der Waals surface area contributed by atoms with Crippen LogP contribution in [0.5, 0.6) is 0 Å². The zero-order valence-electron chi connectivity index (χ0n) is 8.34. The van der Waals surface area contributed by atoms with Crippen molar-refractivity contribution in [1.82, 2.24) is 0 Å². The van der Waals surface area contributed by atoms with Crippen LogP contribution in [0.1, 0.15) is 24.2 Å². The molecule has 0 bridgehead atoms. The minimum absolute atomic E-state index is 0.0973. The molecule has 1 heterocycles. The van der Waals surface area contributed by atoms with Gasteiger partial charge in [0.2, 0.25) is 0 Å². The van der Waals surface area contributed by atoms with Gasteiger partial charge in [0.15, 0.2) is 0 Å². The molecule has 2 unspecified atom stereocenters. The second-order valence-corrected chi connectivity index (χ2v) is 5.74. The van der Waals surface area contributed by atoms with Crippen LogP contribution in [0.4, 0.5) is 4.39 Å². The quantitative estimate of drug-likeness (QED) is 0.789. The van der Waals surface area contributed by atoms with Gasteiger partial charge in [-0.2, -0.15) is 11.8 Å². The van der Waals surface area contributed by atoms with Gasteiger partial charge < -0.3 is 5.11 Å². The van der Waals surface area contributed by atoms with Gasteiger partial charge in [-0.15, -0.1) is 0 Å². The normalized spacial score (nSPS) is 25.9. The van der Waals surface area contributed by atoms with Gasteiger partial charge in [0.1, 0.15) is 5.82 Å². The smallest absolute Gasteiger partial charge is 0.129 e. The lowest BCUT2D eigenvalue weighted by atomic mass is 9.95. The van der Waals surface area contributed by atoms with Crippen molar-refractivity contribution in [2.24, 2.45) is 5.92 Å². The van der Waals surface area contributed by atoms with E-state index in [9.17, 15) is 9.50 Å². The minimum Gasteiger partial charge on any atom is -0.388 e. The Labute approximate surface area is 101 Å². The average Bonchev–Trinajstić information content (AvgIpc) is 2.35. The minimum atomic E-state index is -0.688. The lowest BCUT2D eigenvalue weighted by Crippen LogP contribution is -2.12. The molecule has 4 heteroatoms. The molecule has 0 fully saturated rings. The summed E-state index contributed by atoms with van der Waals surface area (Å²) in [4.78, 5) is 0. The monoisotopic (exact) mass is 290 g/mol. The van der Waals surface area contributed by atoms with Gasteiger partial charge in [-0.25, -0.2) is 4.39 Å². The number of fused-ring (bicyclic) bond motifs is 1. The molecule has 0 radical (unpaired) electrons. The first-order valence-electron chi connectivity index (χ1n) is 4.84. The first-order chi connectivity index (χ1) is 7.11. The Kier molecular flexibility index (Phi) is 3.38. The lowest BCUT2D eigenvalue weighted by Gasteiger charge is -2.18. The number of hydrogen-bond donors (Lipinski definition) is 1. The SMILES string of the molecule is CC1CSCc2c(Br)ccc(F)c2C1O. The molecule has 0 spiro atoms. The van der Waals surface area contributed by atoms with Crippen LogP contribution in [0.3, 0.4) is 0 Å². The van der Waals surface area contributed by atoms with E-state index in [-0.39, 0.29) is 11.7 Å². The summed E-state index contributed by atoms with van der Waals surface area (Å²) in [6, 6.07) is 3.12. The third-order valence-electron chi connectivity index (χ3n) is 2.71. The van der Waals surface area contributed by atoms with E-state index in [0.717, 1.165) is 21.5 Å². The molecule has 1 aliphatic rings. The highest BCUT2D eigenvalue weighted by Crippen LogP contribution is 2.38. The van der Waals surface area contributed by atoms with Crippen LogP contribution >= 0.6 is 27.7 Å². The number of aliphatic hydroxyl groups excluding tert-OH is 1. The molecule has 1 N–H and O–H groups in total. The number of aliphatic hydroxyl groups is 1. The Bertz CT molecular complexity index is 383. The summed E-state index contributed by atoms with van der Waals surface area (Å²) in [5, 5.41) is 10.0. The summed E-state index contributed by atoms with van der Waals surface area (Å²) in [5.74, 6) is 1.42. The van der Waals surface area contributed by atoms with E-state index >= 15 is 0 Å². The van der Waals surface area contributed by atoms with Gasteiger partial charge >= 0.3 is 0 Å². The molecule has 1 aliphatic heterocycles. The van der Waals surface area contributed by atoms with E-state index in [0.29, 0.717) is 5.56 Å². The van der Waals surface area contributed by atoms with E-state index in [1.165, 1.54) is 6.07 Å². The third-order valence-corrected chi connectivity index (χ3v) is 4.71. The predicted molar refractivity (Wildman–Crippen MR) is 64.4 cm³/mol. The molecule has 2 atom stereocenters. The Balaban J connectivity index is 2.57. The molecule has 0 saturated carbocycles. The molecule has 0 aromatic heterocycles. The number of rotatable bonds is 0. The maximum atomic E-state index is 13.7. The molecule has 1 aromatic carbocycles. The molecule has 15 heavy (non-hydrogen) atoms. The van der Waals surface area contributed by atoms with Gasteiger partial charge in [-0.1, -0.05) is 22.9 Å². The second-order valence-electron chi connectivity index (χ2n) is 3.86. The zero-order chi connectivity index (χ0) is 11.0. The highest BCUT2D eigenvalue weighted by atomic mass is 79.9. The average molecular weight is 291 g/mol. The van der Waals surface area contributed by atoms with Crippen LogP contribution in [0, 0.1) is 11.7 Å². The zero-order valence-corrected chi connectivity index (χ0v) is 10.7. The largest absolute Gasteiger partial charge is 0.388 e. The van der Waals surface area contributed by atoms with Crippen LogP contribution in [0.25, 0.3) is 0 Å². The lowest BCUT2D eigenvalue weighted by molar-refractivity contribution is 0.125. The fourth-order valence-corrected chi connectivity index (χ4v) is 3.66. The maximum absolute atomic E-state index is 13.7. The van der Waals surface area contributed by atoms with E-state index in [4.69, 9.17) is 0 Å². The van der Waals surface area contributed by atoms with Gasteiger partial charge in [0, 0.05) is 15.8 Å². The number of hydrogen-bond acceptors (Lipinski definition) is 2. The Morgan fingerprint density at radius 2 is 2.27 bits per heavy atom. The fourth-order valence-electron chi connectivity index (χ4n) is 1.80. The Hall–Kier alpha value is -0.0600. The molecule has 1 aromatic rings. The molecule has 1 nitrogen and oxygen atoms in total. The van der Waals surface area contributed by atoms with Crippen molar-refractivity contribution in [2.75, 3.05) is 5.75 Å². The first kappa shape index (κ1) is 11.4. The molecule has 0 amide bonds. The molecular formula is C11H12BrFOS. The first-order valence-corrected chi connectivity index (χ1v) is 6.78. The summed E-state index contributed by atoms with van der Waals surface area (Å²) < 4.78 is 14.6. The van der Waals surface area contributed by atoms with Crippen LogP contribution in [0.2, 0.25) is 0 Å². The van der Waals surface area contributed by atoms with Crippen LogP contribution in [-0.2, 0) is 5.75 Å². The number of benzene rings is 1. The van der Waals surface area contributed by atoms with Crippen molar-refractivity contribution in [3.05, 3.63) is 33.5 Å². The fraction of sp³-hybridized carbons (Fsp3) is 0.455. The van der Waals surface area contributed by atoms with E-state index in [2.05, 4.69) is 15.9 Å². The second kappa shape index (κ2) is 4.44. The molecule has 0 aliphatic carbocycles. The summed E-state index contributed by atoms with van der Waals surface area (Å²) in [5.41, 5.74) is 1.37. The van der Waals surface area contributed by atoms with E-state index in [1.54, 1.807) is 17.8 Å². The van der Waals surface area contributed by atoms with E-state index in [1.807, 2.05) is 6.92 Å². The van der Waals surface area contributed by atoms with E-state index < -0.39 is 6.10 Å². The van der Waals surface area contributed by atoms with Crippen LogP contribution in [-0.4, -0.2) is 10.9 Å². The maximum Gasteiger partial charge on any atom is 0.129 e. The summed E-state index contributed by atoms with van der Waals surface area (Å²) in [6.07, 6.45) is -0.688. The Morgan fingerprint density at radius 3 is 3.00 bits per heavy atom. The predicted octanol–water partition coefficient (Wildman–Crippen LogP) is 3.50. The topological polar surface area (TPSA) is 20.2 Å². The van der Waals surface area contributed by atoms with Crippen molar-refractivity contribution < 1.29 is 9.50 Å². The molecule has 2 rings (SSSR count). The van der Waals surface area contributed by atoms with Crippen molar-refractivity contribution in [3.63, 3.8) is 0 Å². The standard InChI is InChI=1S/C11H12BrFOS/c1-6-4-15-5-7-8(12)2-3-9(13)10(7)11(6)14/h2-3,6,11,14H,4-5H2,1H3. The Morgan fingerprint density at radius 1 is 1.53 bits per heavy atom. The van der Waals surface area contributed by atoms with Gasteiger partial charge in [0.05, 0.1) is 6.10 Å². The molecular weight excluding hydrogens is 279 g/mol. The van der Waals surface area contributed by atoms with Gasteiger partial charge in [-0.3, -0.25) is 0 Å². The van der Waals surface area contributed by atoms with Crippen molar-refractivity contribution in [1.29, 1.82) is 0 Å². The van der Waals surface area contributed by atoms with Crippen molar-refractivity contribution in [3.8, 4) is 0 Å². The highest BCUT2D eigenvalue weighted by molar-refractivity contribution is 9.10. The van der Waals surface area contributed by atoms with Crippen LogP contribution < -0.4 is 0 Å². The molecule has 0 saturated heterocycles. The summed E-state index contributed by atoms with van der Waals surface area (Å²) >= 11 is 5.14. The number of thioether (sulfide) groups is 1. The molecule has 82 valence electrons. The van der Waals surface area contributed by atoms with Gasteiger partial charge in [0.25, 0.3) is 0 Å².